The van der Waals surface area contributed by atoms with Crippen LogP contribution in [-0.4, -0.2) is 35.6 Å². The molecule has 0 aliphatic heterocycles. The highest BCUT2D eigenvalue weighted by atomic mass is 16.5. The van der Waals surface area contributed by atoms with Crippen LogP contribution in [0.1, 0.15) is 44.1 Å². The van der Waals surface area contributed by atoms with Crippen molar-refractivity contribution in [2.24, 2.45) is 0 Å². The lowest BCUT2D eigenvalue weighted by Gasteiger charge is -2.22. The van der Waals surface area contributed by atoms with E-state index in [2.05, 4.69) is 34.0 Å². The normalized spacial score (nSPS) is 10.4. The van der Waals surface area contributed by atoms with E-state index in [1.807, 2.05) is 31.2 Å². The number of carbonyl (C=O) groups excluding carboxylic acids is 1. The fourth-order valence-electron chi connectivity index (χ4n) is 2.52. The molecule has 1 heterocycles. The molecule has 6 nitrogen and oxygen atoms in total. The minimum absolute atomic E-state index is 0.249. The molecule has 0 saturated carbocycles. The molecular weight excluding hydrogens is 316 g/mol. The van der Waals surface area contributed by atoms with Crippen molar-refractivity contribution in [3.05, 3.63) is 42.4 Å². The molecule has 0 spiro atoms. The fraction of sp³-hybridized carbons (Fsp3) is 0.421. The van der Waals surface area contributed by atoms with Gasteiger partial charge >= 0.3 is 0 Å². The molecule has 6 heteroatoms. The first kappa shape index (κ1) is 18.7. The predicted molar refractivity (Wildman–Crippen MR) is 100 cm³/mol. The van der Waals surface area contributed by atoms with Gasteiger partial charge in [0, 0.05) is 24.8 Å². The summed E-state index contributed by atoms with van der Waals surface area (Å²) in [5, 5.41) is 2.85. The van der Waals surface area contributed by atoms with Crippen LogP contribution >= 0.6 is 0 Å². The van der Waals surface area contributed by atoms with Crippen LogP contribution in [0.15, 0.2) is 36.7 Å². The number of rotatable bonds is 9. The monoisotopic (exact) mass is 342 g/mol. The molecule has 0 bridgehead atoms. The maximum absolute atomic E-state index is 12.5. The van der Waals surface area contributed by atoms with Gasteiger partial charge in [0.1, 0.15) is 23.6 Å². The molecule has 1 N–H and O–H groups in total. The highest BCUT2D eigenvalue weighted by Gasteiger charge is 2.12. The second-order valence-electron chi connectivity index (χ2n) is 5.66. The molecule has 0 atom stereocenters. The van der Waals surface area contributed by atoms with Gasteiger partial charge in [-0.05, 0) is 44.0 Å². The van der Waals surface area contributed by atoms with Crippen molar-refractivity contribution in [1.82, 2.24) is 9.97 Å². The summed E-state index contributed by atoms with van der Waals surface area (Å²) in [7, 11) is 0. The van der Waals surface area contributed by atoms with Gasteiger partial charge in [-0.1, -0.05) is 13.8 Å². The molecule has 25 heavy (non-hydrogen) atoms. The Kier molecular flexibility index (Phi) is 7.19. The lowest BCUT2D eigenvalue weighted by Crippen LogP contribution is -2.26. The first-order valence-electron chi connectivity index (χ1n) is 8.79. The van der Waals surface area contributed by atoms with Crippen LogP contribution in [0.25, 0.3) is 0 Å². The predicted octanol–water partition coefficient (Wildman–Crippen LogP) is 3.75. The SMILES string of the molecule is CCCN(CCC)c1cc(C(=O)Nc2ccc(OCC)cc2)ncn1. The molecular formula is C19H26N4O2. The van der Waals surface area contributed by atoms with E-state index in [9.17, 15) is 4.79 Å². The number of hydrogen-bond acceptors (Lipinski definition) is 5. The Balaban J connectivity index is 2.09. The second kappa shape index (κ2) is 9.61. The third-order valence-electron chi connectivity index (χ3n) is 3.62. The number of benzene rings is 1. The topological polar surface area (TPSA) is 67.4 Å². The lowest BCUT2D eigenvalue weighted by molar-refractivity contribution is 0.102. The van der Waals surface area contributed by atoms with Crippen molar-refractivity contribution >= 4 is 17.4 Å². The number of ether oxygens (including phenoxy) is 1. The van der Waals surface area contributed by atoms with E-state index in [4.69, 9.17) is 4.74 Å². The molecule has 0 aliphatic rings. The zero-order valence-electron chi connectivity index (χ0n) is 15.2. The van der Waals surface area contributed by atoms with Crippen molar-refractivity contribution < 1.29 is 9.53 Å². The summed E-state index contributed by atoms with van der Waals surface area (Å²) in [5.41, 5.74) is 1.06. The summed E-state index contributed by atoms with van der Waals surface area (Å²) in [5.74, 6) is 1.32. The largest absolute Gasteiger partial charge is 0.494 e. The second-order valence-corrected chi connectivity index (χ2v) is 5.66. The Bertz CT molecular complexity index is 667. The van der Waals surface area contributed by atoms with Crippen molar-refractivity contribution in [2.75, 3.05) is 29.9 Å². The first-order chi connectivity index (χ1) is 12.2. The summed E-state index contributed by atoms with van der Waals surface area (Å²) in [6.45, 7) is 8.62. The van der Waals surface area contributed by atoms with E-state index in [0.717, 1.165) is 37.5 Å². The number of nitrogens with one attached hydrogen (secondary N) is 1. The van der Waals surface area contributed by atoms with Crippen LogP contribution in [0, 0.1) is 0 Å². The van der Waals surface area contributed by atoms with Crippen LogP contribution in [0.3, 0.4) is 0 Å². The molecule has 0 aliphatic carbocycles. The average Bonchev–Trinajstić information content (AvgIpc) is 2.63. The van der Waals surface area contributed by atoms with Crippen molar-refractivity contribution in [3.8, 4) is 5.75 Å². The van der Waals surface area contributed by atoms with E-state index in [-0.39, 0.29) is 5.91 Å². The van der Waals surface area contributed by atoms with Gasteiger partial charge in [-0.3, -0.25) is 4.79 Å². The molecule has 134 valence electrons. The number of aromatic nitrogens is 2. The molecule has 0 radical (unpaired) electrons. The smallest absolute Gasteiger partial charge is 0.274 e. The highest BCUT2D eigenvalue weighted by Crippen LogP contribution is 2.17. The van der Waals surface area contributed by atoms with Crippen LogP contribution in [-0.2, 0) is 0 Å². The standard InChI is InChI=1S/C19H26N4O2/c1-4-11-23(12-5-2)18-13-17(20-14-21-18)19(24)22-15-7-9-16(10-8-15)25-6-3/h7-10,13-14H,4-6,11-12H2,1-3H3,(H,22,24). The third kappa shape index (κ3) is 5.45. The number of amides is 1. The molecule has 2 aromatic rings. The Hall–Kier alpha value is -2.63. The van der Waals surface area contributed by atoms with E-state index >= 15 is 0 Å². The van der Waals surface area contributed by atoms with Gasteiger partial charge in [-0.25, -0.2) is 9.97 Å². The maximum atomic E-state index is 12.5. The molecule has 1 aromatic heterocycles. The first-order valence-corrected chi connectivity index (χ1v) is 8.79. The molecule has 0 unspecified atom stereocenters. The lowest BCUT2D eigenvalue weighted by atomic mass is 10.2. The third-order valence-corrected chi connectivity index (χ3v) is 3.62. The van der Waals surface area contributed by atoms with Gasteiger partial charge in [-0.2, -0.15) is 0 Å². The van der Waals surface area contributed by atoms with E-state index < -0.39 is 0 Å². The van der Waals surface area contributed by atoms with Gasteiger partial charge in [0.15, 0.2) is 0 Å². The van der Waals surface area contributed by atoms with E-state index in [0.29, 0.717) is 18.0 Å². The molecule has 1 aromatic carbocycles. The van der Waals surface area contributed by atoms with Gasteiger partial charge in [0.25, 0.3) is 5.91 Å². The number of hydrogen-bond donors (Lipinski definition) is 1. The average molecular weight is 342 g/mol. The maximum Gasteiger partial charge on any atom is 0.274 e. The summed E-state index contributed by atoms with van der Waals surface area (Å²) in [6, 6.07) is 9.02. The number of anilines is 2. The van der Waals surface area contributed by atoms with Crippen molar-refractivity contribution in [3.63, 3.8) is 0 Å². The molecule has 2 rings (SSSR count). The van der Waals surface area contributed by atoms with Gasteiger partial charge < -0.3 is 15.0 Å². The summed E-state index contributed by atoms with van der Waals surface area (Å²) >= 11 is 0. The Morgan fingerprint density at radius 1 is 1.08 bits per heavy atom. The van der Waals surface area contributed by atoms with Gasteiger partial charge in [-0.15, -0.1) is 0 Å². The van der Waals surface area contributed by atoms with Crippen molar-refractivity contribution in [2.45, 2.75) is 33.6 Å². The molecule has 0 saturated heterocycles. The van der Waals surface area contributed by atoms with E-state index in [1.165, 1.54) is 6.33 Å². The summed E-state index contributed by atoms with van der Waals surface area (Å²) in [6.07, 6.45) is 3.50. The Morgan fingerprint density at radius 3 is 2.36 bits per heavy atom. The van der Waals surface area contributed by atoms with Gasteiger partial charge in [0.05, 0.1) is 6.61 Å². The number of nitrogens with zero attached hydrogens (tertiary/aromatic N) is 3. The quantitative estimate of drug-likeness (QED) is 0.751. The van der Waals surface area contributed by atoms with Crippen molar-refractivity contribution in [1.29, 1.82) is 0 Å². The van der Waals surface area contributed by atoms with Crippen LogP contribution in [0.5, 0.6) is 5.75 Å². The Labute approximate surface area is 149 Å². The summed E-state index contributed by atoms with van der Waals surface area (Å²) in [4.78, 5) is 23.1. The zero-order valence-corrected chi connectivity index (χ0v) is 15.2. The molecule has 1 amide bonds. The van der Waals surface area contributed by atoms with E-state index in [1.54, 1.807) is 6.07 Å². The van der Waals surface area contributed by atoms with Crippen LogP contribution in [0.2, 0.25) is 0 Å². The highest BCUT2D eigenvalue weighted by molar-refractivity contribution is 6.03. The zero-order chi connectivity index (χ0) is 18.1. The number of carbonyl (C=O) groups is 1. The van der Waals surface area contributed by atoms with Crippen LogP contribution < -0.4 is 15.0 Å². The summed E-state index contributed by atoms with van der Waals surface area (Å²) < 4.78 is 5.40. The molecule has 0 fully saturated rings. The minimum atomic E-state index is -0.249. The van der Waals surface area contributed by atoms with Crippen LogP contribution in [0.4, 0.5) is 11.5 Å². The minimum Gasteiger partial charge on any atom is -0.494 e. The Morgan fingerprint density at radius 2 is 1.76 bits per heavy atom. The van der Waals surface area contributed by atoms with Gasteiger partial charge in [0.2, 0.25) is 0 Å². The fourth-order valence-corrected chi connectivity index (χ4v) is 2.52.